The number of alkyl halides is 3. The monoisotopic (exact) mass is 325 g/mol. The number of anilines is 1. The number of pyridine rings is 1. The van der Waals surface area contributed by atoms with Gasteiger partial charge in [-0.05, 0) is 30.7 Å². The van der Waals surface area contributed by atoms with Gasteiger partial charge >= 0.3 is 12.3 Å². The fourth-order valence-corrected chi connectivity index (χ4v) is 2.80. The summed E-state index contributed by atoms with van der Waals surface area (Å²) in [6, 6.07) is 5.39. The number of rotatable bonds is 2. The average molecular weight is 325 g/mol. The van der Waals surface area contributed by atoms with E-state index >= 15 is 0 Å². The van der Waals surface area contributed by atoms with Crippen molar-refractivity contribution >= 4 is 22.7 Å². The fraction of sp³-hybridized carbons (Fsp3) is 0.333. The SMILES string of the molecule is O=C(O)N1CCC(Nc2ccc(C(F)(F)F)c3ncccc23)C1. The highest BCUT2D eigenvalue weighted by atomic mass is 19.4. The van der Waals surface area contributed by atoms with Crippen molar-refractivity contribution < 1.29 is 23.1 Å². The third kappa shape index (κ3) is 3.01. The van der Waals surface area contributed by atoms with E-state index in [1.165, 1.54) is 17.2 Å². The Balaban J connectivity index is 1.93. The smallest absolute Gasteiger partial charge is 0.418 e. The van der Waals surface area contributed by atoms with E-state index in [1.54, 1.807) is 12.1 Å². The molecule has 0 bridgehead atoms. The molecule has 1 fully saturated rings. The van der Waals surface area contributed by atoms with Crippen LogP contribution in [-0.4, -0.2) is 40.2 Å². The zero-order valence-corrected chi connectivity index (χ0v) is 12.0. The van der Waals surface area contributed by atoms with Crippen molar-refractivity contribution in [3.63, 3.8) is 0 Å². The number of fused-ring (bicyclic) bond motifs is 1. The first-order chi connectivity index (χ1) is 10.9. The summed E-state index contributed by atoms with van der Waals surface area (Å²) in [7, 11) is 0. The Morgan fingerprint density at radius 3 is 2.78 bits per heavy atom. The van der Waals surface area contributed by atoms with Gasteiger partial charge in [-0.1, -0.05) is 0 Å². The molecule has 2 aromatic rings. The average Bonchev–Trinajstić information content (AvgIpc) is 2.95. The van der Waals surface area contributed by atoms with E-state index in [9.17, 15) is 18.0 Å². The number of benzene rings is 1. The summed E-state index contributed by atoms with van der Waals surface area (Å²) < 4.78 is 39.2. The highest BCUT2D eigenvalue weighted by molar-refractivity contribution is 5.93. The molecule has 1 amide bonds. The van der Waals surface area contributed by atoms with Crippen LogP contribution in [0, 0.1) is 0 Å². The summed E-state index contributed by atoms with van der Waals surface area (Å²) in [5.41, 5.74) is -0.367. The lowest BCUT2D eigenvalue weighted by atomic mass is 10.1. The Labute approximate surface area is 129 Å². The third-order valence-corrected chi connectivity index (χ3v) is 3.89. The molecule has 0 spiro atoms. The molecule has 1 aromatic heterocycles. The maximum Gasteiger partial charge on any atom is 0.418 e. The van der Waals surface area contributed by atoms with Crippen LogP contribution in [0.2, 0.25) is 0 Å². The van der Waals surface area contributed by atoms with Crippen LogP contribution in [0.1, 0.15) is 12.0 Å². The number of nitrogens with one attached hydrogen (secondary N) is 1. The second-order valence-electron chi connectivity index (χ2n) is 5.42. The minimum Gasteiger partial charge on any atom is -0.465 e. The molecule has 1 saturated heterocycles. The lowest BCUT2D eigenvalue weighted by Gasteiger charge is -2.18. The summed E-state index contributed by atoms with van der Waals surface area (Å²) in [5.74, 6) is 0. The van der Waals surface area contributed by atoms with Gasteiger partial charge < -0.3 is 15.3 Å². The maximum atomic E-state index is 13.1. The normalized spacial score (nSPS) is 18.4. The summed E-state index contributed by atoms with van der Waals surface area (Å²) in [6.07, 6.45) is -3.54. The Kier molecular flexibility index (Phi) is 3.75. The van der Waals surface area contributed by atoms with Crippen molar-refractivity contribution in [3.05, 3.63) is 36.0 Å². The number of carboxylic acid groups (broad SMARTS) is 1. The van der Waals surface area contributed by atoms with E-state index in [0.717, 1.165) is 6.07 Å². The molecule has 1 atom stereocenters. The van der Waals surface area contributed by atoms with Crippen molar-refractivity contribution in [3.8, 4) is 0 Å². The number of halogens is 3. The van der Waals surface area contributed by atoms with Gasteiger partial charge in [0.05, 0.1) is 11.1 Å². The van der Waals surface area contributed by atoms with Crippen LogP contribution >= 0.6 is 0 Å². The molecular formula is C15H14F3N3O2. The lowest BCUT2D eigenvalue weighted by Crippen LogP contribution is -2.30. The van der Waals surface area contributed by atoms with Gasteiger partial charge in [0.15, 0.2) is 0 Å². The van der Waals surface area contributed by atoms with Crippen molar-refractivity contribution in [2.75, 3.05) is 18.4 Å². The van der Waals surface area contributed by atoms with Crippen molar-refractivity contribution in [2.45, 2.75) is 18.6 Å². The van der Waals surface area contributed by atoms with Crippen LogP contribution in [-0.2, 0) is 6.18 Å². The standard InChI is InChI=1S/C15H14F3N3O2/c16-15(17,18)11-3-4-12(10-2-1-6-19-13(10)11)20-9-5-7-21(8-9)14(22)23/h1-4,6,9,20H,5,7-8H2,(H,22,23). The first kappa shape index (κ1) is 15.4. The minimum atomic E-state index is -4.47. The zero-order chi connectivity index (χ0) is 16.6. The number of carbonyl (C=O) groups is 1. The highest BCUT2D eigenvalue weighted by Gasteiger charge is 2.34. The second-order valence-corrected chi connectivity index (χ2v) is 5.42. The topological polar surface area (TPSA) is 65.5 Å². The summed E-state index contributed by atoms with van der Waals surface area (Å²) in [4.78, 5) is 16.1. The molecule has 23 heavy (non-hydrogen) atoms. The molecule has 2 N–H and O–H groups in total. The number of amides is 1. The molecule has 1 aliphatic rings. The quantitative estimate of drug-likeness (QED) is 0.888. The fourth-order valence-electron chi connectivity index (χ4n) is 2.80. The van der Waals surface area contributed by atoms with Crippen LogP contribution in [0.25, 0.3) is 10.9 Å². The molecule has 122 valence electrons. The molecule has 1 unspecified atom stereocenters. The largest absolute Gasteiger partial charge is 0.465 e. The van der Waals surface area contributed by atoms with Gasteiger partial charge in [0.25, 0.3) is 0 Å². The third-order valence-electron chi connectivity index (χ3n) is 3.89. The predicted molar refractivity (Wildman–Crippen MR) is 78.4 cm³/mol. The summed E-state index contributed by atoms with van der Waals surface area (Å²) in [5, 5.41) is 12.5. The predicted octanol–water partition coefficient (Wildman–Crippen LogP) is 3.42. The van der Waals surface area contributed by atoms with Gasteiger partial charge in [-0.3, -0.25) is 4.98 Å². The molecule has 8 heteroatoms. The van der Waals surface area contributed by atoms with E-state index in [-0.39, 0.29) is 11.6 Å². The van der Waals surface area contributed by atoms with E-state index in [4.69, 9.17) is 5.11 Å². The Morgan fingerprint density at radius 1 is 1.35 bits per heavy atom. The Bertz CT molecular complexity index is 748. The molecule has 0 aliphatic carbocycles. The number of hydrogen-bond acceptors (Lipinski definition) is 3. The van der Waals surface area contributed by atoms with E-state index < -0.39 is 17.8 Å². The second kappa shape index (κ2) is 5.60. The first-order valence-electron chi connectivity index (χ1n) is 7.05. The zero-order valence-electron chi connectivity index (χ0n) is 12.0. The maximum absolute atomic E-state index is 13.1. The van der Waals surface area contributed by atoms with Crippen molar-refractivity contribution in [2.24, 2.45) is 0 Å². The van der Waals surface area contributed by atoms with Crippen LogP contribution in [0.15, 0.2) is 30.5 Å². The molecule has 1 aromatic carbocycles. The Morgan fingerprint density at radius 2 is 2.13 bits per heavy atom. The minimum absolute atomic E-state index is 0.113. The number of aromatic nitrogens is 1. The van der Waals surface area contributed by atoms with Crippen LogP contribution in [0.4, 0.5) is 23.7 Å². The van der Waals surface area contributed by atoms with Gasteiger partial charge in [-0.15, -0.1) is 0 Å². The molecule has 2 heterocycles. The van der Waals surface area contributed by atoms with Crippen LogP contribution in [0.5, 0.6) is 0 Å². The van der Waals surface area contributed by atoms with Gasteiger partial charge in [0.1, 0.15) is 0 Å². The lowest BCUT2D eigenvalue weighted by molar-refractivity contribution is -0.136. The molecule has 0 saturated carbocycles. The number of likely N-dealkylation sites (tertiary alicyclic amines) is 1. The van der Waals surface area contributed by atoms with Crippen molar-refractivity contribution in [1.29, 1.82) is 0 Å². The van der Waals surface area contributed by atoms with E-state index in [2.05, 4.69) is 10.3 Å². The van der Waals surface area contributed by atoms with E-state index in [0.29, 0.717) is 30.6 Å². The van der Waals surface area contributed by atoms with Crippen LogP contribution in [0.3, 0.4) is 0 Å². The van der Waals surface area contributed by atoms with Gasteiger partial charge in [0, 0.05) is 36.4 Å². The van der Waals surface area contributed by atoms with Gasteiger partial charge in [-0.2, -0.15) is 13.2 Å². The van der Waals surface area contributed by atoms with Gasteiger partial charge in [-0.25, -0.2) is 4.79 Å². The number of hydrogen-bond donors (Lipinski definition) is 2. The van der Waals surface area contributed by atoms with E-state index in [1.807, 2.05) is 0 Å². The molecule has 5 nitrogen and oxygen atoms in total. The summed E-state index contributed by atoms with van der Waals surface area (Å²) in [6.45, 7) is 0.710. The van der Waals surface area contributed by atoms with Gasteiger partial charge in [0.2, 0.25) is 0 Å². The highest BCUT2D eigenvalue weighted by Crippen LogP contribution is 2.36. The van der Waals surface area contributed by atoms with Crippen LogP contribution < -0.4 is 5.32 Å². The summed E-state index contributed by atoms with van der Waals surface area (Å²) >= 11 is 0. The number of nitrogens with zero attached hydrogens (tertiary/aromatic N) is 2. The Hall–Kier alpha value is -2.51. The molecule has 3 rings (SSSR count). The molecular weight excluding hydrogens is 311 g/mol. The molecule has 1 aliphatic heterocycles. The molecule has 0 radical (unpaired) electrons. The van der Waals surface area contributed by atoms with Crippen molar-refractivity contribution in [1.82, 2.24) is 9.88 Å². The first-order valence-corrected chi connectivity index (χ1v) is 7.05.